The van der Waals surface area contributed by atoms with Crippen LogP contribution >= 0.6 is 0 Å². The van der Waals surface area contributed by atoms with Crippen molar-refractivity contribution in [2.75, 3.05) is 29.4 Å². The highest BCUT2D eigenvalue weighted by Gasteiger charge is 2.35. The molecule has 1 saturated heterocycles. The van der Waals surface area contributed by atoms with Gasteiger partial charge in [0, 0.05) is 38.5 Å². The second-order valence-electron chi connectivity index (χ2n) is 8.07. The van der Waals surface area contributed by atoms with Gasteiger partial charge in [0.15, 0.2) is 11.0 Å². The molecule has 0 saturated carbocycles. The normalized spacial score (nSPS) is 15.6. The minimum Gasteiger partial charge on any atom is -0.478 e. The van der Waals surface area contributed by atoms with Gasteiger partial charge in [0.25, 0.3) is 5.92 Å². The highest BCUT2D eigenvalue weighted by molar-refractivity contribution is 5.99. The molecule has 33 heavy (non-hydrogen) atoms. The lowest BCUT2D eigenvalue weighted by atomic mass is 10.1. The lowest BCUT2D eigenvalue weighted by molar-refractivity contribution is -0.0225. The third-order valence-corrected chi connectivity index (χ3v) is 5.95. The van der Waals surface area contributed by atoms with Crippen molar-refractivity contribution in [3.63, 3.8) is 0 Å². The third kappa shape index (κ3) is 4.15. The van der Waals surface area contributed by atoms with Crippen LogP contribution in [0.2, 0.25) is 0 Å². The van der Waals surface area contributed by atoms with Crippen LogP contribution in [0.5, 0.6) is 0 Å². The summed E-state index contributed by atoms with van der Waals surface area (Å²) in [6.07, 6.45) is -0.727. The maximum Gasteiger partial charge on any atom is 0.337 e. The number of para-hydroxylation sites is 1. The molecular formula is C24H23F3N2O4. The zero-order chi connectivity index (χ0) is 23.9. The molecular weight excluding hydrogens is 437 g/mol. The molecule has 174 valence electrons. The van der Waals surface area contributed by atoms with E-state index in [0.717, 1.165) is 6.07 Å². The van der Waals surface area contributed by atoms with Crippen LogP contribution in [-0.4, -0.2) is 36.6 Å². The van der Waals surface area contributed by atoms with E-state index < -0.39 is 23.1 Å². The van der Waals surface area contributed by atoms with Gasteiger partial charge >= 0.3 is 5.97 Å². The van der Waals surface area contributed by atoms with Crippen molar-refractivity contribution in [1.29, 1.82) is 0 Å². The van der Waals surface area contributed by atoms with Crippen molar-refractivity contribution in [2.24, 2.45) is 0 Å². The van der Waals surface area contributed by atoms with E-state index in [-0.39, 0.29) is 66.1 Å². The number of rotatable bonds is 5. The van der Waals surface area contributed by atoms with E-state index in [2.05, 4.69) is 0 Å². The Morgan fingerprint density at radius 3 is 2.48 bits per heavy atom. The van der Waals surface area contributed by atoms with Crippen molar-refractivity contribution in [3.05, 3.63) is 63.6 Å². The Kier molecular flexibility index (Phi) is 5.82. The Morgan fingerprint density at radius 2 is 1.85 bits per heavy atom. The first kappa shape index (κ1) is 22.7. The Morgan fingerprint density at radius 1 is 1.18 bits per heavy atom. The van der Waals surface area contributed by atoms with Crippen LogP contribution in [0.3, 0.4) is 0 Å². The number of nitrogens with zero attached hydrogens (tertiary/aromatic N) is 2. The molecule has 0 radical (unpaired) electrons. The maximum absolute atomic E-state index is 14.6. The summed E-state index contributed by atoms with van der Waals surface area (Å²) in [5.74, 6) is -4.44. The van der Waals surface area contributed by atoms with E-state index in [0.29, 0.717) is 5.69 Å². The van der Waals surface area contributed by atoms with E-state index >= 15 is 0 Å². The largest absolute Gasteiger partial charge is 0.478 e. The highest BCUT2D eigenvalue weighted by Crippen LogP contribution is 2.38. The van der Waals surface area contributed by atoms with Crippen LogP contribution in [-0.2, 0) is 0 Å². The molecule has 0 amide bonds. The number of piperidine rings is 1. The quantitative estimate of drug-likeness (QED) is 0.555. The van der Waals surface area contributed by atoms with Crippen LogP contribution < -0.4 is 15.2 Å². The number of benzene rings is 2. The van der Waals surface area contributed by atoms with E-state index in [4.69, 9.17) is 4.42 Å². The van der Waals surface area contributed by atoms with Crippen LogP contribution in [0.15, 0.2) is 45.6 Å². The zero-order valence-corrected chi connectivity index (χ0v) is 18.2. The maximum atomic E-state index is 14.6. The molecule has 1 N–H and O–H groups in total. The Labute approximate surface area is 187 Å². The number of hydrogen-bond acceptors (Lipinski definition) is 5. The number of hydrogen-bond donors (Lipinski definition) is 1. The average Bonchev–Trinajstić information content (AvgIpc) is 2.77. The zero-order valence-electron chi connectivity index (χ0n) is 18.2. The third-order valence-electron chi connectivity index (χ3n) is 5.95. The van der Waals surface area contributed by atoms with E-state index in [1.165, 1.54) is 19.1 Å². The average molecular weight is 460 g/mol. The summed E-state index contributed by atoms with van der Waals surface area (Å²) in [5, 5.41) is 9.62. The van der Waals surface area contributed by atoms with Crippen molar-refractivity contribution in [2.45, 2.75) is 32.6 Å². The van der Waals surface area contributed by atoms with Crippen molar-refractivity contribution >= 4 is 34.2 Å². The second kappa shape index (κ2) is 8.46. The highest BCUT2D eigenvalue weighted by atomic mass is 19.3. The summed E-state index contributed by atoms with van der Waals surface area (Å²) < 4.78 is 48.0. The smallest absolute Gasteiger partial charge is 0.337 e. The Bertz CT molecular complexity index is 1280. The molecule has 0 aliphatic carbocycles. The van der Waals surface area contributed by atoms with Gasteiger partial charge in [-0.1, -0.05) is 12.1 Å². The lowest BCUT2D eigenvalue weighted by Gasteiger charge is -2.33. The van der Waals surface area contributed by atoms with E-state index in [1.807, 2.05) is 0 Å². The summed E-state index contributed by atoms with van der Waals surface area (Å²) in [4.78, 5) is 28.1. The topological polar surface area (TPSA) is 74.0 Å². The first-order chi connectivity index (χ1) is 15.6. The van der Waals surface area contributed by atoms with Gasteiger partial charge in [-0.15, -0.1) is 0 Å². The molecule has 6 nitrogen and oxygen atoms in total. The second-order valence-corrected chi connectivity index (χ2v) is 8.07. The molecule has 0 unspecified atom stereocenters. The molecule has 0 bridgehead atoms. The molecule has 9 heteroatoms. The van der Waals surface area contributed by atoms with Crippen molar-refractivity contribution in [3.8, 4) is 0 Å². The summed E-state index contributed by atoms with van der Waals surface area (Å²) >= 11 is 0. The standard InChI is InChI=1S/C24H23F3N2O4/c1-3-29(18-7-5-4-6-16(18)23(31)32)19-13-15(25)12-17-20(30)14(2)22(33-21(17)19)28-10-8-24(26,27)9-11-28/h4-7,12-13H,3,8-11H2,1-2H3,(H,31,32). The van der Waals surface area contributed by atoms with Gasteiger partial charge in [-0.2, -0.15) is 0 Å². The van der Waals surface area contributed by atoms with E-state index in [1.54, 1.807) is 34.9 Å². The van der Waals surface area contributed by atoms with Gasteiger partial charge in [-0.25, -0.2) is 18.0 Å². The molecule has 2 heterocycles. The monoisotopic (exact) mass is 460 g/mol. The fourth-order valence-electron chi connectivity index (χ4n) is 4.23. The van der Waals surface area contributed by atoms with Gasteiger partial charge in [-0.05, 0) is 32.0 Å². The first-order valence-corrected chi connectivity index (χ1v) is 10.6. The van der Waals surface area contributed by atoms with E-state index in [9.17, 15) is 27.9 Å². The molecule has 1 aliphatic rings. The number of aromatic carboxylic acids is 1. The lowest BCUT2D eigenvalue weighted by Crippen LogP contribution is -2.40. The number of carbonyl (C=O) groups is 1. The van der Waals surface area contributed by atoms with Crippen LogP contribution in [0.1, 0.15) is 35.7 Å². The predicted molar refractivity (Wildman–Crippen MR) is 120 cm³/mol. The number of halogens is 3. The molecule has 3 aromatic rings. The number of alkyl halides is 2. The molecule has 0 atom stereocenters. The summed E-state index contributed by atoms with van der Waals surface area (Å²) in [6.45, 7) is 3.56. The number of carboxylic acids is 1. The van der Waals surface area contributed by atoms with Gasteiger partial charge in [-0.3, -0.25) is 4.79 Å². The van der Waals surface area contributed by atoms with Crippen LogP contribution in [0.25, 0.3) is 11.0 Å². The molecule has 2 aromatic carbocycles. The van der Waals surface area contributed by atoms with Crippen molar-refractivity contribution in [1.82, 2.24) is 0 Å². The predicted octanol–water partition coefficient (Wildman–Crippen LogP) is 5.33. The number of anilines is 3. The Hall–Kier alpha value is -3.49. The first-order valence-electron chi connectivity index (χ1n) is 10.6. The summed E-state index contributed by atoms with van der Waals surface area (Å²) in [7, 11) is 0. The Balaban J connectivity index is 1.93. The SMILES string of the molecule is CCN(c1ccccc1C(=O)O)c1cc(F)cc2c(=O)c(C)c(N3CCC(F)(F)CC3)oc12. The molecule has 4 rings (SSSR count). The van der Waals surface area contributed by atoms with Gasteiger partial charge in [0.05, 0.1) is 27.9 Å². The molecule has 1 aromatic heterocycles. The summed E-state index contributed by atoms with van der Waals surface area (Å²) in [5.41, 5.74) is 0.305. The van der Waals surface area contributed by atoms with Gasteiger partial charge in [0.1, 0.15) is 5.82 Å². The molecule has 1 fully saturated rings. The van der Waals surface area contributed by atoms with Crippen LogP contribution in [0.4, 0.5) is 30.4 Å². The fraction of sp³-hybridized carbons (Fsp3) is 0.333. The minimum absolute atomic E-state index is 0.000143. The van der Waals surface area contributed by atoms with Crippen LogP contribution in [0, 0.1) is 12.7 Å². The van der Waals surface area contributed by atoms with Gasteiger partial charge in [0.2, 0.25) is 5.88 Å². The summed E-state index contributed by atoms with van der Waals surface area (Å²) in [6, 6.07) is 8.51. The van der Waals surface area contributed by atoms with Crippen molar-refractivity contribution < 1.29 is 27.5 Å². The minimum atomic E-state index is -2.77. The molecule has 1 aliphatic heterocycles. The van der Waals surface area contributed by atoms with Gasteiger partial charge < -0.3 is 19.3 Å². The number of carboxylic acid groups (broad SMARTS) is 1. The fourth-order valence-corrected chi connectivity index (χ4v) is 4.23. The molecule has 0 spiro atoms. The number of fused-ring (bicyclic) bond motifs is 1.